The number of rotatable bonds is 3. The average molecular weight is 197 g/mol. The van der Waals surface area contributed by atoms with Gasteiger partial charge < -0.3 is 10.1 Å². The Balaban J connectivity index is 1.87. The van der Waals surface area contributed by atoms with Gasteiger partial charge >= 0.3 is 0 Å². The summed E-state index contributed by atoms with van der Waals surface area (Å²) < 4.78 is 5.15. The van der Waals surface area contributed by atoms with Gasteiger partial charge in [0.05, 0.1) is 18.6 Å². The fourth-order valence-electron chi connectivity index (χ4n) is 2.25. The summed E-state index contributed by atoms with van der Waals surface area (Å²) in [6.45, 7) is 3.29. The highest BCUT2D eigenvalue weighted by Gasteiger charge is 2.44. The van der Waals surface area contributed by atoms with Crippen molar-refractivity contribution in [3.63, 3.8) is 0 Å². The maximum Gasteiger partial charge on any atom is 0.231 e. The SMILES string of the molecule is CCC1(C(=O)NC2CCCC2)COC1. The summed E-state index contributed by atoms with van der Waals surface area (Å²) in [6, 6.07) is 0.437. The van der Waals surface area contributed by atoms with E-state index in [4.69, 9.17) is 4.74 Å². The van der Waals surface area contributed by atoms with Crippen molar-refractivity contribution in [1.82, 2.24) is 5.32 Å². The van der Waals surface area contributed by atoms with Crippen LogP contribution in [0.1, 0.15) is 39.0 Å². The summed E-state index contributed by atoms with van der Waals surface area (Å²) in [6.07, 6.45) is 5.74. The monoisotopic (exact) mass is 197 g/mol. The molecule has 1 heterocycles. The lowest BCUT2D eigenvalue weighted by Gasteiger charge is -2.39. The van der Waals surface area contributed by atoms with Crippen LogP contribution in [-0.2, 0) is 9.53 Å². The molecule has 0 bridgehead atoms. The van der Waals surface area contributed by atoms with E-state index in [1.54, 1.807) is 0 Å². The Morgan fingerprint density at radius 2 is 2.07 bits per heavy atom. The molecule has 1 saturated carbocycles. The zero-order valence-corrected chi connectivity index (χ0v) is 8.84. The Morgan fingerprint density at radius 3 is 2.50 bits per heavy atom. The number of carbonyl (C=O) groups excluding carboxylic acids is 1. The van der Waals surface area contributed by atoms with Crippen molar-refractivity contribution >= 4 is 5.91 Å². The maximum atomic E-state index is 11.9. The second-order valence-electron chi connectivity index (χ2n) is 4.58. The lowest BCUT2D eigenvalue weighted by molar-refractivity contribution is -0.163. The molecule has 1 aliphatic heterocycles. The van der Waals surface area contributed by atoms with Gasteiger partial charge in [-0.3, -0.25) is 4.79 Å². The Labute approximate surface area is 85.2 Å². The van der Waals surface area contributed by atoms with E-state index in [1.807, 2.05) is 0 Å². The number of hydrogen-bond donors (Lipinski definition) is 1. The van der Waals surface area contributed by atoms with E-state index in [-0.39, 0.29) is 11.3 Å². The number of amides is 1. The first-order valence-electron chi connectivity index (χ1n) is 5.65. The lowest BCUT2D eigenvalue weighted by atomic mass is 9.82. The number of ether oxygens (including phenoxy) is 1. The first kappa shape index (κ1) is 9.97. The fourth-order valence-corrected chi connectivity index (χ4v) is 2.25. The molecule has 3 heteroatoms. The normalized spacial score (nSPS) is 25.8. The van der Waals surface area contributed by atoms with Crippen LogP contribution in [0.2, 0.25) is 0 Å². The van der Waals surface area contributed by atoms with Crippen LogP contribution in [-0.4, -0.2) is 25.2 Å². The Bertz CT molecular complexity index is 212. The second kappa shape index (κ2) is 3.89. The lowest BCUT2D eigenvalue weighted by Crippen LogP contribution is -2.55. The van der Waals surface area contributed by atoms with Gasteiger partial charge in [-0.25, -0.2) is 0 Å². The van der Waals surface area contributed by atoms with Crippen molar-refractivity contribution in [2.24, 2.45) is 5.41 Å². The van der Waals surface area contributed by atoms with Crippen molar-refractivity contribution < 1.29 is 9.53 Å². The van der Waals surface area contributed by atoms with Gasteiger partial charge in [0.25, 0.3) is 0 Å². The molecule has 0 aromatic rings. The first-order chi connectivity index (χ1) is 6.77. The fraction of sp³-hybridized carbons (Fsp3) is 0.909. The Hall–Kier alpha value is -0.570. The smallest absolute Gasteiger partial charge is 0.231 e. The van der Waals surface area contributed by atoms with Gasteiger partial charge in [-0.2, -0.15) is 0 Å². The van der Waals surface area contributed by atoms with Crippen LogP contribution in [0, 0.1) is 5.41 Å². The standard InChI is InChI=1S/C11H19NO2/c1-2-11(7-14-8-11)10(13)12-9-5-3-4-6-9/h9H,2-8H2,1H3,(H,12,13). The number of hydrogen-bond acceptors (Lipinski definition) is 2. The molecule has 0 unspecified atom stereocenters. The van der Waals surface area contributed by atoms with Gasteiger partial charge in [0.15, 0.2) is 0 Å². The highest BCUT2D eigenvalue weighted by atomic mass is 16.5. The molecule has 0 aromatic carbocycles. The average Bonchev–Trinajstić information content (AvgIpc) is 2.55. The van der Waals surface area contributed by atoms with Gasteiger partial charge in [0.2, 0.25) is 5.91 Å². The minimum absolute atomic E-state index is 0.192. The Kier molecular flexibility index (Phi) is 2.77. The molecule has 0 spiro atoms. The third kappa shape index (κ3) is 1.65. The number of carbonyl (C=O) groups is 1. The van der Waals surface area contributed by atoms with Crippen LogP contribution >= 0.6 is 0 Å². The molecule has 1 N–H and O–H groups in total. The predicted octanol–water partition coefficient (Wildman–Crippen LogP) is 1.47. The van der Waals surface area contributed by atoms with Crippen molar-refractivity contribution in [1.29, 1.82) is 0 Å². The topological polar surface area (TPSA) is 38.3 Å². The van der Waals surface area contributed by atoms with Gasteiger partial charge in [-0.15, -0.1) is 0 Å². The second-order valence-corrected chi connectivity index (χ2v) is 4.58. The van der Waals surface area contributed by atoms with Crippen LogP contribution in [0.25, 0.3) is 0 Å². The van der Waals surface area contributed by atoms with Crippen molar-refractivity contribution in [3.05, 3.63) is 0 Å². The summed E-state index contributed by atoms with van der Waals surface area (Å²) in [7, 11) is 0. The van der Waals surface area contributed by atoms with E-state index in [9.17, 15) is 4.79 Å². The van der Waals surface area contributed by atoms with Crippen LogP contribution in [0.15, 0.2) is 0 Å². The molecular weight excluding hydrogens is 178 g/mol. The molecule has 1 aliphatic carbocycles. The van der Waals surface area contributed by atoms with Crippen LogP contribution in [0.3, 0.4) is 0 Å². The molecule has 2 aliphatic rings. The molecule has 0 aromatic heterocycles. The van der Waals surface area contributed by atoms with Gasteiger partial charge in [0.1, 0.15) is 0 Å². The van der Waals surface area contributed by atoms with Gasteiger partial charge in [-0.05, 0) is 19.3 Å². The predicted molar refractivity (Wildman–Crippen MR) is 53.9 cm³/mol. The van der Waals surface area contributed by atoms with E-state index in [0.29, 0.717) is 19.3 Å². The van der Waals surface area contributed by atoms with E-state index in [1.165, 1.54) is 12.8 Å². The molecule has 2 fully saturated rings. The van der Waals surface area contributed by atoms with Crippen LogP contribution < -0.4 is 5.32 Å². The molecule has 0 radical (unpaired) electrons. The van der Waals surface area contributed by atoms with E-state index < -0.39 is 0 Å². The highest BCUT2D eigenvalue weighted by Crippen LogP contribution is 2.32. The van der Waals surface area contributed by atoms with Crippen molar-refractivity contribution in [3.8, 4) is 0 Å². The summed E-state index contributed by atoms with van der Waals surface area (Å²) in [5.74, 6) is 0.221. The van der Waals surface area contributed by atoms with E-state index in [0.717, 1.165) is 19.3 Å². The summed E-state index contributed by atoms with van der Waals surface area (Å²) in [4.78, 5) is 11.9. The van der Waals surface area contributed by atoms with Crippen LogP contribution in [0.5, 0.6) is 0 Å². The van der Waals surface area contributed by atoms with Gasteiger partial charge in [0, 0.05) is 6.04 Å². The van der Waals surface area contributed by atoms with Crippen molar-refractivity contribution in [2.75, 3.05) is 13.2 Å². The molecule has 14 heavy (non-hydrogen) atoms. The zero-order chi connectivity index (χ0) is 10.0. The summed E-state index contributed by atoms with van der Waals surface area (Å²) in [5, 5.41) is 3.15. The molecule has 3 nitrogen and oxygen atoms in total. The molecule has 1 amide bonds. The van der Waals surface area contributed by atoms with Gasteiger partial charge in [-0.1, -0.05) is 19.8 Å². The molecular formula is C11H19NO2. The molecule has 0 atom stereocenters. The maximum absolute atomic E-state index is 11.9. The third-order valence-corrected chi connectivity index (χ3v) is 3.61. The van der Waals surface area contributed by atoms with E-state index in [2.05, 4.69) is 12.2 Å². The Morgan fingerprint density at radius 1 is 1.43 bits per heavy atom. The summed E-state index contributed by atoms with van der Waals surface area (Å²) in [5.41, 5.74) is -0.192. The highest BCUT2D eigenvalue weighted by molar-refractivity contribution is 5.84. The van der Waals surface area contributed by atoms with Crippen molar-refractivity contribution in [2.45, 2.75) is 45.1 Å². The molecule has 80 valence electrons. The number of nitrogens with one attached hydrogen (secondary N) is 1. The van der Waals surface area contributed by atoms with E-state index >= 15 is 0 Å². The zero-order valence-electron chi connectivity index (χ0n) is 8.84. The molecule has 2 rings (SSSR count). The largest absolute Gasteiger partial charge is 0.379 e. The van der Waals surface area contributed by atoms with Crippen LogP contribution in [0.4, 0.5) is 0 Å². The minimum Gasteiger partial charge on any atom is -0.379 e. The minimum atomic E-state index is -0.192. The third-order valence-electron chi connectivity index (χ3n) is 3.61. The summed E-state index contributed by atoms with van der Waals surface area (Å²) >= 11 is 0. The quantitative estimate of drug-likeness (QED) is 0.744. The molecule has 1 saturated heterocycles. The first-order valence-corrected chi connectivity index (χ1v) is 5.65.